The summed E-state index contributed by atoms with van der Waals surface area (Å²) in [6.07, 6.45) is 1.98. The van der Waals surface area contributed by atoms with Gasteiger partial charge in [0, 0.05) is 17.5 Å². The standard InChI is InChI=1S/C23H26N2O3/c1-14-10-17-19(12-23(3,4)13-20(17)27-14)24-21(26)11-18-15(2)28-22(25-18)16-8-6-5-7-9-16/h5-10,19H,11-13H2,1-4H3,(H,24,26)/t19-/m0/s1. The van der Waals surface area contributed by atoms with Crippen molar-refractivity contribution in [3.8, 4) is 11.5 Å². The highest BCUT2D eigenvalue weighted by atomic mass is 16.4. The van der Waals surface area contributed by atoms with Crippen LogP contribution in [0.2, 0.25) is 0 Å². The molecule has 28 heavy (non-hydrogen) atoms. The Morgan fingerprint density at radius 3 is 2.71 bits per heavy atom. The number of amides is 1. The van der Waals surface area contributed by atoms with Gasteiger partial charge in [0.1, 0.15) is 17.3 Å². The van der Waals surface area contributed by atoms with E-state index in [2.05, 4.69) is 24.1 Å². The molecule has 0 aliphatic heterocycles. The van der Waals surface area contributed by atoms with Crippen LogP contribution in [-0.2, 0) is 17.6 Å². The van der Waals surface area contributed by atoms with E-state index in [-0.39, 0.29) is 23.8 Å². The molecule has 3 aromatic rings. The Hall–Kier alpha value is -2.82. The maximum Gasteiger partial charge on any atom is 0.226 e. The number of nitrogens with zero attached hydrogens (tertiary/aromatic N) is 1. The van der Waals surface area contributed by atoms with Gasteiger partial charge in [-0.2, -0.15) is 0 Å². The van der Waals surface area contributed by atoms with E-state index in [4.69, 9.17) is 8.83 Å². The fraction of sp³-hybridized carbons (Fsp3) is 0.391. The molecule has 0 saturated heterocycles. The summed E-state index contributed by atoms with van der Waals surface area (Å²) in [5.41, 5.74) is 2.77. The molecule has 1 amide bonds. The van der Waals surface area contributed by atoms with Gasteiger partial charge in [0.2, 0.25) is 11.8 Å². The lowest BCUT2D eigenvalue weighted by atomic mass is 9.74. The van der Waals surface area contributed by atoms with Gasteiger partial charge in [-0.15, -0.1) is 0 Å². The first-order valence-corrected chi connectivity index (χ1v) is 9.71. The van der Waals surface area contributed by atoms with Gasteiger partial charge in [-0.25, -0.2) is 4.98 Å². The number of aromatic nitrogens is 1. The second-order valence-electron chi connectivity index (χ2n) is 8.47. The number of fused-ring (bicyclic) bond motifs is 1. The van der Waals surface area contributed by atoms with Crippen LogP contribution >= 0.6 is 0 Å². The fourth-order valence-electron chi connectivity index (χ4n) is 4.01. The highest BCUT2D eigenvalue weighted by Gasteiger charge is 2.35. The minimum absolute atomic E-state index is 0.0375. The van der Waals surface area contributed by atoms with E-state index >= 15 is 0 Å². The molecule has 2 heterocycles. The summed E-state index contributed by atoms with van der Waals surface area (Å²) in [7, 11) is 0. The largest absolute Gasteiger partial charge is 0.466 e. The van der Waals surface area contributed by atoms with E-state index in [1.165, 1.54) is 0 Å². The summed E-state index contributed by atoms with van der Waals surface area (Å²) in [5, 5.41) is 3.19. The maximum atomic E-state index is 12.8. The van der Waals surface area contributed by atoms with Crippen molar-refractivity contribution in [3.63, 3.8) is 0 Å². The van der Waals surface area contributed by atoms with E-state index in [0.717, 1.165) is 35.5 Å². The first kappa shape index (κ1) is 18.5. The fourth-order valence-corrected chi connectivity index (χ4v) is 4.01. The van der Waals surface area contributed by atoms with Crippen LogP contribution in [-0.4, -0.2) is 10.9 Å². The number of rotatable bonds is 4. The van der Waals surface area contributed by atoms with E-state index in [9.17, 15) is 4.79 Å². The molecule has 5 heteroatoms. The third kappa shape index (κ3) is 3.75. The third-order valence-electron chi connectivity index (χ3n) is 5.31. The van der Waals surface area contributed by atoms with E-state index in [0.29, 0.717) is 17.3 Å². The number of oxazole rings is 1. The monoisotopic (exact) mass is 378 g/mol. The van der Waals surface area contributed by atoms with Crippen molar-refractivity contribution in [1.82, 2.24) is 10.3 Å². The van der Waals surface area contributed by atoms with E-state index in [1.54, 1.807) is 0 Å². The van der Waals surface area contributed by atoms with Crippen LogP contribution in [0.3, 0.4) is 0 Å². The maximum absolute atomic E-state index is 12.8. The van der Waals surface area contributed by atoms with Gasteiger partial charge >= 0.3 is 0 Å². The molecule has 0 bridgehead atoms. The van der Waals surface area contributed by atoms with Crippen LogP contribution in [0.15, 0.2) is 45.2 Å². The molecule has 2 aromatic heterocycles. The second-order valence-corrected chi connectivity index (χ2v) is 8.47. The van der Waals surface area contributed by atoms with Crippen LogP contribution in [0, 0.1) is 19.3 Å². The smallest absolute Gasteiger partial charge is 0.226 e. The molecule has 0 radical (unpaired) electrons. The first-order valence-electron chi connectivity index (χ1n) is 9.71. The Morgan fingerprint density at radius 1 is 1.21 bits per heavy atom. The molecular weight excluding hydrogens is 352 g/mol. The summed E-state index contributed by atoms with van der Waals surface area (Å²) in [5.74, 6) is 3.05. The Morgan fingerprint density at radius 2 is 1.96 bits per heavy atom. The minimum atomic E-state index is -0.0523. The third-order valence-corrected chi connectivity index (χ3v) is 5.31. The molecular formula is C23H26N2O3. The SMILES string of the molecule is Cc1cc2c(o1)CC(C)(C)C[C@@H]2NC(=O)Cc1nc(-c2ccccc2)oc1C. The predicted octanol–water partition coefficient (Wildman–Crippen LogP) is 4.92. The number of hydrogen-bond acceptors (Lipinski definition) is 4. The lowest BCUT2D eigenvalue weighted by molar-refractivity contribution is -0.121. The lowest BCUT2D eigenvalue weighted by Gasteiger charge is -2.34. The van der Waals surface area contributed by atoms with Crippen LogP contribution < -0.4 is 5.32 Å². The van der Waals surface area contributed by atoms with Crippen molar-refractivity contribution in [1.29, 1.82) is 0 Å². The highest BCUT2D eigenvalue weighted by molar-refractivity contribution is 5.79. The molecule has 1 N–H and O–H groups in total. The summed E-state index contributed by atoms with van der Waals surface area (Å²) in [6.45, 7) is 8.22. The van der Waals surface area contributed by atoms with E-state index < -0.39 is 0 Å². The van der Waals surface area contributed by atoms with Gasteiger partial charge < -0.3 is 14.2 Å². The quantitative estimate of drug-likeness (QED) is 0.699. The summed E-state index contributed by atoms with van der Waals surface area (Å²) >= 11 is 0. The van der Waals surface area contributed by atoms with Crippen LogP contribution in [0.5, 0.6) is 0 Å². The van der Waals surface area contributed by atoms with Gasteiger partial charge in [0.15, 0.2) is 0 Å². The van der Waals surface area contributed by atoms with Gasteiger partial charge in [0.05, 0.1) is 18.2 Å². The summed E-state index contributed by atoms with van der Waals surface area (Å²) in [6, 6.07) is 11.7. The molecule has 1 atom stereocenters. The lowest BCUT2D eigenvalue weighted by Crippen LogP contribution is -2.36. The number of benzene rings is 1. The molecule has 5 nitrogen and oxygen atoms in total. The minimum Gasteiger partial charge on any atom is -0.466 e. The molecule has 0 spiro atoms. The van der Waals surface area contributed by atoms with Crippen LogP contribution in [0.25, 0.3) is 11.5 Å². The number of carbonyl (C=O) groups excluding carboxylic acids is 1. The normalized spacial score (nSPS) is 17.9. The second kappa shape index (κ2) is 6.97. The van der Waals surface area contributed by atoms with Gasteiger partial charge in [-0.1, -0.05) is 32.0 Å². The summed E-state index contributed by atoms with van der Waals surface area (Å²) in [4.78, 5) is 17.3. The van der Waals surface area contributed by atoms with Crippen LogP contribution in [0.1, 0.15) is 54.8 Å². The average Bonchev–Trinajstić information content (AvgIpc) is 3.17. The molecule has 146 valence electrons. The predicted molar refractivity (Wildman–Crippen MR) is 107 cm³/mol. The Balaban J connectivity index is 1.50. The molecule has 1 aliphatic carbocycles. The molecule has 1 aliphatic rings. The number of aryl methyl sites for hydroxylation is 2. The van der Waals surface area contributed by atoms with Crippen molar-refractivity contribution in [2.75, 3.05) is 0 Å². The zero-order valence-corrected chi connectivity index (χ0v) is 16.8. The summed E-state index contributed by atoms with van der Waals surface area (Å²) < 4.78 is 11.6. The topological polar surface area (TPSA) is 68.3 Å². The molecule has 0 fully saturated rings. The van der Waals surface area contributed by atoms with Gasteiger partial charge in [-0.05, 0) is 43.9 Å². The Bertz CT molecular complexity index is 998. The van der Waals surface area contributed by atoms with Crippen LogP contribution in [0.4, 0.5) is 0 Å². The number of furan rings is 1. The Kier molecular flexibility index (Phi) is 4.61. The zero-order chi connectivity index (χ0) is 19.9. The Labute approximate surface area is 165 Å². The number of nitrogens with one attached hydrogen (secondary N) is 1. The molecule has 0 unspecified atom stereocenters. The van der Waals surface area contributed by atoms with E-state index in [1.807, 2.05) is 50.2 Å². The van der Waals surface area contributed by atoms with Crippen molar-refractivity contribution in [2.45, 2.75) is 53.0 Å². The van der Waals surface area contributed by atoms with Crippen molar-refractivity contribution in [3.05, 3.63) is 64.9 Å². The molecule has 1 aromatic carbocycles. The molecule has 0 saturated carbocycles. The molecule has 4 rings (SSSR count). The highest BCUT2D eigenvalue weighted by Crippen LogP contribution is 2.42. The van der Waals surface area contributed by atoms with Gasteiger partial charge in [-0.3, -0.25) is 4.79 Å². The van der Waals surface area contributed by atoms with Crippen molar-refractivity contribution < 1.29 is 13.6 Å². The van der Waals surface area contributed by atoms with Gasteiger partial charge in [0.25, 0.3) is 0 Å². The zero-order valence-electron chi connectivity index (χ0n) is 16.8. The van der Waals surface area contributed by atoms with Crippen molar-refractivity contribution in [2.24, 2.45) is 5.41 Å². The van der Waals surface area contributed by atoms with Crippen molar-refractivity contribution >= 4 is 5.91 Å². The number of hydrogen-bond donors (Lipinski definition) is 1. The number of carbonyl (C=O) groups is 1. The first-order chi connectivity index (χ1) is 13.3. The average molecular weight is 378 g/mol.